The van der Waals surface area contributed by atoms with Crippen molar-refractivity contribution in [3.8, 4) is 5.88 Å². The number of aromatic nitrogens is 4. The van der Waals surface area contributed by atoms with Gasteiger partial charge in [0.15, 0.2) is 0 Å². The number of rotatable bonds is 3. The van der Waals surface area contributed by atoms with Crippen LogP contribution in [0.25, 0.3) is 0 Å². The quantitative estimate of drug-likeness (QED) is 0.650. The van der Waals surface area contributed by atoms with E-state index in [9.17, 15) is 0 Å². The molecule has 0 aromatic carbocycles. The Morgan fingerprint density at radius 1 is 0.969 bits per heavy atom. The number of nitrogens with one attached hydrogen (secondary N) is 2. The van der Waals surface area contributed by atoms with E-state index in [1.165, 1.54) is 16.8 Å². The Kier molecular flexibility index (Phi) is 4.75. The van der Waals surface area contributed by atoms with E-state index in [2.05, 4.69) is 54.6 Å². The summed E-state index contributed by atoms with van der Waals surface area (Å²) in [6, 6.07) is 4.28. The molecule has 0 saturated carbocycles. The molecule has 0 fully saturated rings. The number of nitrogens with zero attached hydrogens (tertiary/aromatic N) is 6. The number of likely N-dealkylation sites (N-methyl/N-ethyl adjacent to an activating group) is 1. The zero-order valence-corrected chi connectivity index (χ0v) is 18.1. The highest BCUT2D eigenvalue weighted by atomic mass is 16.5. The molecule has 0 bridgehead atoms. The molecule has 0 saturated heterocycles. The highest BCUT2D eigenvalue weighted by Crippen LogP contribution is 2.31. The van der Waals surface area contributed by atoms with Gasteiger partial charge in [-0.1, -0.05) is 0 Å². The van der Waals surface area contributed by atoms with E-state index in [4.69, 9.17) is 9.72 Å². The molecule has 0 unspecified atom stereocenters. The maximum Gasteiger partial charge on any atom is 0.237 e. The third-order valence-corrected chi connectivity index (χ3v) is 6.29. The monoisotopic (exact) mass is 430 g/mol. The van der Waals surface area contributed by atoms with Gasteiger partial charge in [-0.25, -0.2) is 15.0 Å². The second kappa shape index (κ2) is 7.90. The van der Waals surface area contributed by atoms with Crippen LogP contribution in [0.2, 0.25) is 0 Å². The van der Waals surface area contributed by atoms with Crippen molar-refractivity contribution in [3.05, 3.63) is 53.2 Å². The van der Waals surface area contributed by atoms with E-state index in [0.717, 1.165) is 68.3 Å². The van der Waals surface area contributed by atoms with Gasteiger partial charge in [0.1, 0.15) is 6.61 Å². The Bertz CT molecular complexity index is 1170. The summed E-state index contributed by atoms with van der Waals surface area (Å²) < 4.78 is 5.61. The van der Waals surface area contributed by atoms with Crippen LogP contribution in [0.3, 0.4) is 0 Å². The normalized spacial score (nSPS) is 17.5. The second-order valence-electron chi connectivity index (χ2n) is 8.60. The minimum Gasteiger partial charge on any atom is -0.474 e. The Morgan fingerprint density at radius 2 is 1.94 bits per heavy atom. The molecule has 6 rings (SSSR count). The lowest BCUT2D eigenvalue weighted by molar-refractivity contribution is 0.310. The number of pyridine rings is 2. The van der Waals surface area contributed by atoms with Gasteiger partial charge in [-0.3, -0.25) is 4.98 Å². The standard InChI is InChI=1S/C23H26N8O/c1-30-5-3-19-16(13-30)8-17(11-25-19)28-23-27-10-15-2-6-31(14-21(15)29-23)18-9-20-22(26-12-18)32-7-4-24-20/h8-12,24H,2-7,13-14H2,1H3,(H,27,28,29). The largest absolute Gasteiger partial charge is 0.474 e. The smallest absolute Gasteiger partial charge is 0.237 e. The number of ether oxygens (including phenoxy) is 1. The Balaban J connectivity index is 1.21. The first-order valence-electron chi connectivity index (χ1n) is 11.1. The molecule has 3 aliphatic heterocycles. The molecule has 6 heterocycles. The van der Waals surface area contributed by atoms with Crippen LogP contribution in [-0.2, 0) is 25.9 Å². The average molecular weight is 431 g/mol. The van der Waals surface area contributed by atoms with Gasteiger partial charge in [-0.15, -0.1) is 0 Å². The summed E-state index contributed by atoms with van der Waals surface area (Å²) in [7, 11) is 2.14. The van der Waals surface area contributed by atoms with Crippen molar-refractivity contribution in [3.63, 3.8) is 0 Å². The van der Waals surface area contributed by atoms with E-state index in [1.807, 2.05) is 18.6 Å². The lowest BCUT2D eigenvalue weighted by Gasteiger charge is -2.30. The van der Waals surface area contributed by atoms with Crippen molar-refractivity contribution < 1.29 is 4.74 Å². The van der Waals surface area contributed by atoms with Crippen LogP contribution in [0, 0.1) is 0 Å². The van der Waals surface area contributed by atoms with Crippen LogP contribution in [0.5, 0.6) is 5.88 Å². The minimum atomic E-state index is 0.607. The van der Waals surface area contributed by atoms with Crippen LogP contribution >= 0.6 is 0 Å². The van der Waals surface area contributed by atoms with Crippen molar-refractivity contribution in [2.24, 2.45) is 0 Å². The van der Waals surface area contributed by atoms with Crippen molar-refractivity contribution in [2.75, 3.05) is 48.8 Å². The summed E-state index contributed by atoms with van der Waals surface area (Å²) >= 11 is 0. The molecular weight excluding hydrogens is 404 g/mol. The Morgan fingerprint density at radius 3 is 2.91 bits per heavy atom. The zero-order valence-electron chi connectivity index (χ0n) is 18.1. The summed E-state index contributed by atoms with van der Waals surface area (Å²) in [6.07, 6.45) is 7.61. The number of fused-ring (bicyclic) bond motifs is 3. The van der Waals surface area contributed by atoms with Crippen molar-refractivity contribution >= 4 is 23.0 Å². The fraction of sp³-hybridized carbons (Fsp3) is 0.391. The minimum absolute atomic E-state index is 0.607. The maximum absolute atomic E-state index is 5.61. The molecule has 0 amide bonds. The molecule has 9 heteroatoms. The molecule has 3 aromatic heterocycles. The van der Waals surface area contributed by atoms with E-state index in [0.29, 0.717) is 18.4 Å². The summed E-state index contributed by atoms with van der Waals surface area (Å²) in [4.78, 5) is 23.1. The van der Waals surface area contributed by atoms with Crippen molar-refractivity contribution in [1.29, 1.82) is 0 Å². The van der Waals surface area contributed by atoms with Crippen molar-refractivity contribution in [1.82, 2.24) is 24.8 Å². The second-order valence-corrected chi connectivity index (χ2v) is 8.60. The molecule has 32 heavy (non-hydrogen) atoms. The Hall–Kier alpha value is -3.46. The lowest BCUT2D eigenvalue weighted by atomic mass is 10.1. The van der Waals surface area contributed by atoms with Crippen LogP contribution < -0.4 is 20.3 Å². The average Bonchev–Trinajstić information content (AvgIpc) is 2.83. The summed E-state index contributed by atoms with van der Waals surface area (Å²) in [6.45, 7) is 5.07. The summed E-state index contributed by atoms with van der Waals surface area (Å²) in [5.74, 6) is 1.28. The zero-order chi connectivity index (χ0) is 21.5. The highest BCUT2D eigenvalue weighted by Gasteiger charge is 2.21. The predicted molar refractivity (Wildman–Crippen MR) is 123 cm³/mol. The van der Waals surface area contributed by atoms with Gasteiger partial charge in [-0.05, 0) is 36.7 Å². The maximum atomic E-state index is 5.61. The number of hydrogen-bond acceptors (Lipinski definition) is 9. The van der Waals surface area contributed by atoms with Gasteiger partial charge < -0.3 is 25.2 Å². The first-order valence-corrected chi connectivity index (χ1v) is 11.1. The predicted octanol–water partition coefficient (Wildman–Crippen LogP) is 2.37. The number of hydrogen-bond donors (Lipinski definition) is 2. The number of anilines is 4. The fourth-order valence-corrected chi connectivity index (χ4v) is 4.54. The molecule has 0 radical (unpaired) electrons. The molecule has 3 aliphatic rings. The lowest BCUT2D eigenvalue weighted by Crippen LogP contribution is -2.32. The van der Waals surface area contributed by atoms with Gasteiger partial charge in [0.2, 0.25) is 11.8 Å². The van der Waals surface area contributed by atoms with Crippen LogP contribution in [0.4, 0.5) is 23.0 Å². The molecule has 0 atom stereocenters. The SMILES string of the molecule is CN1CCc2ncc(Nc3ncc4c(n3)CN(c3cnc5c(c3)NCCO5)CC4)cc2C1. The molecular formula is C23H26N8O. The van der Waals surface area contributed by atoms with Gasteiger partial charge in [0.05, 0.1) is 41.7 Å². The third kappa shape index (κ3) is 3.69. The van der Waals surface area contributed by atoms with Crippen LogP contribution in [-0.4, -0.2) is 58.1 Å². The van der Waals surface area contributed by atoms with E-state index < -0.39 is 0 Å². The van der Waals surface area contributed by atoms with E-state index in [1.54, 1.807) is 0 Å². The first kappa shape index (κ1) is 19.2. The van der Waals surface area contributed by atoms with Crippen LogP contribution in [0.15, 0.2) is 30.7 Å². The topological polar surface area (TPSA) is 91.3 Å². The van der Waals surface area contributed by atoms with Gasteiger partial charge in [0, 0.05) is 44.5 Å². The summed E-state index contributed by atoms with van der Waals surface area (Å²) in [5.41, 5.74) is 7.65. The van der Waals surface area contributed by atoms with E-state index >= 15 is 0 Å². The Labute approximate surface area is 186 Å². The molecule has 3 aromatic rings. The van der Waals surface area contributed by atoms with Gasteiger partial charge in [-0.2, -0.15) is 0 Å². The summed E-state index contributed by atoms with van der Waals surface area (Å²) in [5, 5.41) is 6.72. The van der Waals surface area contributed by atoms with Gasteiger partial charge in [0.25, 0.3) is 0 Å². The van der Waals surface area contributed by atoms with Crippen LogP contribution in [0.1, 0.15) is 22.5 Å². The molecule has 164 valence electrons. The van der Waals surface area contributed by atoms with E-state index in [-0.39, 0.29) is 0 Å². The molecule has 0 aliphatic carbocycles. The fourth-order valence-electron chi connectivity index (χ4n) is 4.54. The molecule has 9 nitrogen and oxygen atoms in total. The molecule has 2 N–H and O–H groups in total. The van der Waals surface area contributed by atoms with Gasteiger partial charge >= 0.3 is 0 Å². The first-order chi connectivity index (χ1) is 15.7. The van der Waals surface area contributed by atoms with Crippen molar-refractivity contribution in [2.45, 2.75) is 25.9 Å². The highest BCUT2D eigenvalue weighted by molar-refractivity contribution is 5.63. The molecule has 0 spiro atoms. The third-order valence-electron chi connectivity index (χ3n) is 6.29.